The lowest BCUT2D eigenvalue weighted by Crippen LogP contribution is -2.44. The van der Waals surface area contributed by atoms with Gasteiger partial charge in [-0.3, -0.25) is 0 Å². The van der Waals surface area contributed by atoms with Crippen LogP contribution in [-0.4, -0.2) is 42.7 Å². The summed E-state index contributed by atoms with van der Waals surface area (Å²) in [4.78, 5) is 2.51. The molecule has 98 valence electrons. The highest BCUT2D eigenvalue weighted by atomic mass is 16.3. The van der Waals surface area contributed by atoms with Crippen molar-refractivity contribution in [2.45, 2.75) is 24.9 Å². The van der Waals surface area contributed by atoms with Crippen LogP contribution in [0.2, 0.25) is 0 Å². The topological polar surface area (TPSA) is 35.5 Å². The highest BCUT2D eigenvalue weighted by Crippen LogP contribution is 2.45. The molecule has 3 heteroatoms. The van der Waals surface area contributed by atoms with E-state index in [9.17, 15) is 5.11 Å². The molecule has 1 heterocycles. The molecule has 1 saturated heterocycles. The van der Waals surface area contributed by atoms with E-state index in [1.807, 2.05) is 0 Å². The zero-order chi connectivity index (χ0) is 12.4. The lowest BCUT2D eigenvalue weighted by molar-refractivity contribution is 0.151. The van der Waals surface area contributed by atoms with Crippen LogP contribution in [0.25, 0.3) is 0 Å². The number of hydrogen-bond acceptors (Lipinski definition) is 3. The first kappa shape index (κ1) is 12.2. The first-order valence-electron chi connectivity index (χ1n) is 7.01. The van der Waals surface area contributed by atoms with E-state index in [-0.39, 0.29) is 0 Å². The summed E-state index contributed by atoms with van der Waals surface area (Å²) in [6, 6.07) is 8.54. The number of benzene rings is 1. The van der Waals surface area contributed by atoms with Crippen LogP contribution in [0, 0.1) is 0 Å². The van der Waals surface area contributed by atoms with E-state index in [0.717, 1.165) is 57.5 Å². The van der Waals surface area contributed by atoms with Gasteiger partial charge in [-0.05, 0) is 30.4 Å². The van der Waals surface area contributed by atoms with Gasteiger partial charge in [-0.2, -0.15) is 0 Å². The average Bonchev–Trinajstić information content (AvgIpc) is 3.17. The molecule has 1 aromatic carbocycles. The molecule has 3 rings (SSSR count). The lowest BCUT2D eigenvalue weighted by Gasteiger charge is -2.27. The van der Waals surface area contributed by atoms with Gasteiger partial charge in [0.2, 0.25) is 0 Å². The molecule has 2 N–H and O–H groups in total. The molecular weight excluding hydrogens is 224 g/mol. The Morgan fingerprint density at radius 2 is 1.78 bits per heavy atom. The summed E-state index contributed by atoms with van der Waals surface area (Å²) in [6.07, 6.45) is 2.96. The zero-order valence-electron chi connectivity index (χ0n) is 10.9. The lowest BCUT2D eigenvalue weighted by atomic mass is 10.0. The van der Waals surface area contributed by atoms with E-state index in [2.05, 4.69) is 34.5 Å². The Hall–Kier alpha value is -0.900. The van der Waals surface area contributed by atoms with Crippen molar-refractivity contribution >= 4 is 0 Å². The van der Waals surface area contributed by atoms with Crippen LogP contribution in [0.15, 0.2) is 24.3 Å². The summed E-state index contributed by atoms with van der Waals surface area (Å²) >= 11 is 0. The molecule has 3 nitrogen and oxygen atoms in total. The highest BCUT2D eigenvalue weighted by Gasteiger charge is 2.41. The van der Waals surface area contributed by atoms with E-state index in [0.29, 0.717) is 0 Å². The molecule has 0 bridgehead atoms. The maximum absolute atomic E-state index is 10.0. The summed E-state index contributed by atoms with van der Waals surface area (Å²) in [7, 11) is 0. The van der Waals surface area contributed by atoms with Gasteiger partial charge in [-0.15, -0.1) is 0 Å². The molecule has 1 aliphatic carbocycles. The van der Waals surface area contributed by atoms with Crippen molar-refractivity contribution in [1.29, 1.82) is 0 Å². The quantitative estimate of drug-likeness (QED) is 0.835. The van der Waals surface area contributed by atoms with E-state index in [1.54, 1.807) is 0 Å². The number of nitrogens with zero attached hydrogens (tertiary/aromatic N) is 1. The number of hydrogen-bond donors (Lipinski definition) is 2. The second-order valence-electron chi connectivity index (χ2n) is 5.57. The molecule has 0 spiro atoms. The van der Waals surface area contributed by atoms with Crippen molar-refractivity contribution in [1.82, 2.24) is 10.2 Å². The third kappa shape index (κ3) is 2.74. The van der Waals surface area contributed by atoms with Crippen LogP contribution in [0.5, 0.6) is 0 Å². The number of aliphatic hydroxyl groups is 1. The second kappa shape index (κ2) is 5.00. The maximum Gasteiger partial charge on any atom is 0.0899 e. The zero-order valence-corrected chi connectivity index (χ0v) is 10.9. The van der Waals surface area contributed by atoms with Gasteiger partial charge >= 0.3 is 0 Å². The van der Waals surface area contributed by atoms with Crippen molar-refractivity contribution in [3.8, 4) is 0 Å². The van der Waals surface area contributed by atoms with E-state index in [1.165, 1.54) is 5.56 Å². The molecule has 0 unspecified atom stereocenters. The standard InChI is InChI=1S/C15H22N2O/c18-15(6-7-15)14-3-1-13(2-4-14)5-10-17-11-8-16-9-12-17/h1-4,16,18H,5-12H2. The molecule has 1 aromatic rings. The fraction of sp³-hybridized carbons (Fsp3) is 0.600. The summed E-state index contributed by atoms with van der Waals surface area (Å²) < 4.78 is 0. The predicted octanol–water partition coefficient (Wildman–Crippen LogP) is 1.12. The Bertz CT molecular complexity index is 391. The van der Waals surface area contributed by atoms with Crippen LogP contribution in [-0.2, 0) is 12.0 Å². The third-order valence-electron chi connectivity index (χ3n) is 4.14. The summed E-state index contributed by atoms with van der Waals surface area (Å²) in [6.45, 7) is 5.71. The Labute approximate surface area is 109 Å². The molecule has 1 aliphatic heterocycles. The van der Waals surface area contributed by atoms with Crippen LogP contribution in [0.3, 0.4) is 0 Å². The molecule has 0 atom stereocenters. The Morgan fingerprint density at radius 1 is 1.11 bits per heavy atom. The minimum absolute atomic E-state index is 0.489. The fourth-order valence-electron chi connectivity index (χ4n) is 2.61. The number of piperazine rings is 1. The fourth-order valence-corrected chi connectivity index (χ4v) is 2.61. The third-order valence-corrected chi connectivity index (χ3v) is 4.14. The second-order valence-corrected chi connectivity index (χ2v) is 5.57. The number of rotatable bonds is 4. The van der Waals surface area contributed by atoms with Gasteiger partial charge in [-0.25, -0.2) is 0 Å². The van der Waals surface area contributed by atoms with Gasteiger partial charge in [0.25, 0.3) is 0 Å². The molecule has 2 aliphatic rings. The Kier molecular flexibility index (Phi) is 3.37. The van der Waals surface area contributed by atoms with Crippen molar-refractivity contribution < 1.29 is 5.11 Å². The van der Waals surface area contributed by atoms with Crippen molar-refractivity contribution in [2.24, 2.45) is 0 Å². The molecule has 2 fully saturated rings. The average molecular weight is 246 g/mol. The Balaban J connectivity index is 1.53. The van der Waals surface area contributed by atoms with Gasteiger partial charge in [-0.1, -0.05) is 24.3 Å². The normalized spacial score (nSPS) is 22.9. The Morgan fingerprint density at radius 3 is 2.39 bits per heavy atom. The predicted molar refractivity (Wildman–Crippen MR) is 72.6 cm³/mol. The smallest absolute Gasteiger partial charge is 0.0899 e. The summed E-state index contributed by atoms with van der Waals surface area (Å²) in [5.41, 5.74) is 1.98. The maximum atomic E-state index is 10.0. The van der Waals surface area contributed by atoms with Crippen LogP contribution >= 0.6 is 0 Å². The van der Waals surface area contributed by atoms with Gasteiger partial charge in [0.05, 0.1) is 5.60 Å². The molecule has 18 heavy (non-hydrogen) atoms. The minimum Gasteiger partial charge on any atom is -0.385 e. The van der Waals surface area contributed by atoms with Crippen LogP contribution in [0.1, 0.15) is 24.0 Å². The largest absolute Gasteiger partial charge is 0.385 e. The highest BCUT2D eigenvalue weighted by molar-refractivity contribution is 5.30. The number of nitrogens with one attached hydrogen (secondary N) is 1. The van der Waals surface area contributed by atoms with Crippen molar-refractivity contribution in [3.63, 3.8) is 0 Å². The van der Waals surface area contributed by atoms with E-state index < -0.39 is 5.60 Å². The van der Waals surface area contributed by atoms with Crippen LogP contribution < -0.4 is 5.32 Å². The molecule has 1 saturated carbocycles. The van der Waals surface area contributed by atoms with E-state index in [4.69, 9.17) is 0 Å². The van der Waals surface area contributed by atoms with Gasteiger partial charge in [0.15, 0.2) is 0 Å². The summed E-state index contributed by atoms with van der Waals surface area (Å²) in [5, 5.41) is 13.4. The molecule has 0 radical (unpaired) electrons. The van der Waals surface area contributed by atoms with Gasteiger partial charge in [0, 0.05) is 32.7 Å². The first-order chi connectivity index (χ1) is 8.76. The van der Waals surface area contributed by atoms with Crippen molar-refractivity contribution in [3.05, 3.63) is 35.4 Å². The molecule has 0 amide bonds. The minimum atomic E-state index is -0.489. The van der Waals surface area contributed by atoms with E-state index >= 15 is 0 Å². The molecule has 0 aromatic heterocycles. The molecular formula is C15H22N2O. The van der Waals surface area contributed by atoms with Gasteiger partial charge < -0.3 is 15.3 Å². The monoisotopic (exact) mass is 246 g/mol. The van der Waals surface area contributed by atoms with Crippen molar-refractivity contribution in [2.75, 3.05) is 32.7 Å². The summed E-state index contributed by atoms with van der Waals surface area (Å²) in [5.74, 6) is 0. The van der Waals surface area contributed by atoms with Crippen LogP contribution in [0.4, 0.5) is 0 Å². The van der Waals surface area contributed by atoms with Gasteiger partial charge in [0.1, 0.15) is 0 Å². The SMILES string of the molecule is OC1(c2ccc(CCN3CCNCC3)cc2)CC1. The first-order valence-corrected chi connectivity index (χ1v) is 7.01.